The van der Waals surface area contributed by atoms with Crippen molar-refractivity contribution in [3.63, 3.8) is 0 Å². The zero-order chi connectivity index (χ0) is 10.8. The van der Waals surface area contributed by atoms with Gasteiger partial charge >= 0.3 is 5.69 Å². The molecule has 0 bridgehead atoms. The first kappa shape index (κ1) is 9.58. The van der Waals surface area contributed by atoms with Gasteiger partial charge in [0.1, 0.15) is 0 Å². The first-order valence-corrected chi connectivity index (χ1v) is 4.76. The minimum atomic E-state index is -0.100. The normalized spacial score (nSPS) is 10.5. The molecule has 2 aromatic rings. The van der Waals surface area contributed by atoms with E-state index in [1.807, 2.05) is 25.1 Å². The average Bonchev–Trinajstić information content (AvgIpc) is 2.60. The van der Waals surface area contributed by atoms with E-state index in [0.29, 0.717) is 6.54 Å². The van der Waals surface area contributed by atoms with E-state index in [0.717, 1.165) is 16.8 Å². The summed E-state index contributed by atoms with van der Waals surface area (Å²) in [5.41, 5.74) is 8.55. The van der Waals surface area contributed by atoms with Gasteiger partial charge in [-0.2, -0.15) is 0 Å². The van der Waals surface area contributed by atoms with Crippen molar-refractivity contribution in [2.75, 3.05) is 5.73 Å². The van der Waals surface area contributed by atoms with Gasteiger partial charge in [-0.15, -0.1) is 0 Å². The Morgan fingerprint density at radius 2 is 2.27 bits per heavy atom. The first-order chi connectivity index (χ1) is 7.18. The summed E-state index contributed by atoms with van der Waals surface area (Å²) >= 11 is 0. The molecule has 0 saturated carbocycles. The summed E-state index contributed by atoms with van der Waals surface area (Å²) in [7, 11) is 0. The maximum absolute atomic E-state index is 11.3. The molecule has 0 aliphatic rings. The van der Waals surface area contributed by atoms with E-state index >= 15 is 0 Å². The van der Waals surface area contributed by atoms with Gasteiger partial charge < -0.3 is 10.7 Å². The standard InChI is InChI=1S/C11H13N3O/c1-8-9(3-2-4-10(8)12)7-14-6-5-13-11(14)15/h2-6H,7,12H2,1H3,(H,13,15). The number of nitrogen functional groups attached to an aromatic ring is 1. The Morgan fingerprint density at radius 1 is 1.47 bits per heavy atom. The van der Waals surface area contributed by atoms with Crippen molar-refractivity contribution in [2.24, 2.45) is 0 Å². The van der Waals surface area contributed by atoms with E-state index in [9.17, 15) is 4.79 Å². The van der Waals surface area contributed by atoms with Gasteiger partial charge in [-0.05, 0) is 24.1 Å². The zero-order valence-corrected chi connectivity index (χ0v) is 8.53. The van der Waals surface area contributed by atoms with E-state index in [-0.39, 0.29) is 5.69 Å². The predicted octanol–water partition coefficient (Wildman–Crippen LogP) is 1.12. The fourth-order valence-corrected chi connectivity index (χ4v) is 1.53. The molecule has 0 fully saturated rings. The molecule has 0 saturated heterocycles. The molecule has 0 radical (unpaired) electrons. The summed E-state index contributed by atoms with van der Waals surface area (Å²) in [5.74, 6) is 0. The van der Waals surface area contributed by atoms with Crippen molar-refractivity contribution in [2.45, 2.75) is 13.5 Å². The lowest BCUT2D eigenvalue weighted by molar-refractivity contribution is 0.758. The summed E-state index contributed by atoms with van der Waals surface area (Å²) < 4.78 is 1.61. The fourth-order valence-electron chi connectivity index (χ4n) is 1.53. The Hall–Kier alpha value is -1.97. The summed E-state index contributed by atoms with van der Waals surface area (Å²) in [4.78, 5) is 13.9. The number of nitrogens with one attached hydrogen (secondary N) is 1. The molecule has 15 heavy (non-hydrogen) atoms. The van der Waals surface area contributed by atoms with E-state index in [2.05, 4.69) is 4.98 Å². The minimum Gasteiger partial charge on any atom is -0.399 e. The van der Waals surface area contributed by atoms with Crippen LogP contribution < -0.4 is 11.4 Å². The van der Waals surface area contributed by atoms with Crippen LogP contribution in [0.1, 0.15) is 11.1 Å². The topological polar surface area (TPSA) is 63.8 Å². The molecule has 0 amide bonds. The highest BCUT2D eigenvalue weighted by Crippen LogP contribution is 2.15. The number of rotatable bonds is 2. The quantitative estimate of drug-likeness (QED) is 0.718. The maximum atomic E-state index is 11.3. The maximum Gasteiger partial charge on any atom is 0.325 e. The number of H-pyrrole nitrogens is 1. The van der Waals surface area contributed by atoms with Gasteiger partial charge in [-0.1, -0.05) is 12.1 Å². The summed E-state index contributed by atoms with van der Waals surface area (Å²) in [6.07, 6.45) is 3.36. The first-order valence-electron chi connectivity index (χ1n) is 4.76. The molecule has 2 rings (SSSR count). The second-order valence-corrected chi connectivity index (χ2v) is 3.52. The number of nitrogens with two attached hydrogens (primary N) is 1. The molecule has 0 unspecified atom stereocenters. The van der Waals surface area contributed by atoms with Crippen LogP contribution in [0.2, 0.25) is 0 Å². The largest absolute Gasteiger partial charge is 0.399 e. The smallest absolute Gasteiger partial charge is 0.325 e. The summed E-state index contributed by atoms with van der Waals surface area (Å²) in [5, 5.41) is 0. The van der Waals surface area contributed by atoms with E-state index in [4.69, 9.17) is 5.73 Å². The van der Waals surface area contributed by atoms with Gasteiger partial charge in [0.05, 0.1) is 6.54 Å². The lowest BCUT2D eigenvalue weighted by Crippen LogP contribution is -2.17. The second-order valence-electron chi connectivity index (χ2n) is 3.52. The van der Waals surface area contributed by atoms with Crippen molar-refractivity contribution in [1.29, 1.82) is 0 Å². The Bertz CT molecular complexity index is 525. The van der Waals surface area contributed by atoms with Gasteiger partial charge in [0.2, 0.25) is 0 Å². The lowest BCUT2D eigenvalue weighted by Gasteiger charge is -2.07. The third kappa shape index (κ3) is 1.79. The summed E-state index contributed by atoms with van der Waals surface area (Å²) in [6, 6.07) is 5.74. The molecule has 0 atom stereocenters. The molecule has 0 aliphatic carbocycles. The van der Waals surface area contributed by atoms with Crippen molar-refractivity contribution in [3.8, 4) is 0 Å². The van der Waals surface area contributed by atoms with Crippen molar-refractivity contribution in [3.05, 3.63) is 52.2 Å². The molecule has 1 aromatic carbocycles. The van der Waals surface area contributed by atoms with Gasteiger partial charge in [0.25, 0.3) is 0 Å². The highest BCUT2D eigenvalue weighted by Gasteiger charge is 2.03. The highest BCUT2D eigenvalue weighted by molar-refractivity contribution is 5.49. The highest BCUT2D eigenvalue weighted by atomic mass is 16.1. The Balaban J connectivity index is 2.37. The molecule has 78 valence electrons. The number of hydrogen-bond acceptors (Lipinski definition) is 2. The average molecular weight is 203 g/mol. The van der Waals surface area contributed by atoms with E-state index in [1.165, 1.54) is 0 Å². The van der Waals surface area contributed by atoms with Crippen molar-refractivity contribution < 1.29 is 0 Å². The molecular formula is C11H13N3O. The number of imidazole rings is 1. The minimum absolute atomic E-state index is 0.100. The van der Waals surface area contributed by atoms with Crippen molar-refractivity contribution in [1.82, 2.24) is 9.55 Å². The number of hydrogen-bond donors (Lipinski definition) is 2. The van der Waals surface area contributed by atoms with Crippen molar-refractivity contribution >= 4 is 5.69 Å². The molecular weight excluding hydrogens is 190 g/mol. The van der Waals surface area contributed by atoms with Gasteiger partial charge in [-0.25, -0.2) is 4.79 Å². The fraction of sp³-hybridized carbons (Fsp3) is 0.182. The Kier molecular flexibility index (Phi) is 2.33. The molecule has 0 aliphatic heterocycles. The Morgan fingerprint density at radius 3 is 2.93 bits per heavy atom. The van der Waals surface area contributed by atoms with Crippen LogP contribution in [0.4, 0.5) is 5.69 Å². The molecule has 4 heteroatoms. The number of aromatic nitrogens is 2. The second kappa shape index (κ2) is 3.65. The van der Waals surface area contributed by atoms with Crippen LogP contribution in [0.3, 0.4) is 0 Å². The van der Waals surface area contributed by atoms with Gasteiger partial charge in [0.15, 0.2) is 0 Å². The Labute approximate surface area is 87.4 Å². The number of aromatic amines is 1. The molecule has 4 nitrogen and oxygen atoms in total. The van der Waals surface area contributed by atoms with Crippen LogP contribution in [0.25, 0.3) is 0 Å². The molecule has 0 spiro atoms. The van der Waals surface area contributed by atoms with E-state index in [1.54, 1.807) is 17.0 Å². The van der Waals surface area contributed by atoms with Crippen LogP contribution in [0.15, 0.2) is 35.4 Å². The van der Waals surface area contributed by atoms with Crippen LogP contribution >= 0.6 is 0 Å². The SMILES string of the molecule is Cc1c(N)cccc1Cn1cc[nH]c1=O. The molecule has 1 aromatic heterocycles. The third-order valence-electron chi connectivity index (χ3n) is 2.55. The van der Waals surface area contributed by atoms with Crippen LogP contribution in [-0.2, 0) is 6.54 Å². The zero-order valence-electron chi connectivity index (χ0n) is 8.53. The number of anilines is 1. The summed E-state index contributed by atoms with van der Waals surface area (Å²) in [6.45, 7) is 2.52. The number of nitrogens with zero attached hydrogens (tertiary/aromatic N) is 1. The van der Waals surface area contributed by atoms with Crippen LogP contribution in [0.5, 0.6) is 0 Å². The lowest BCUT2D eigenvalue weighted by atomic mass is 10.1. The van der Waals surface area contributed by atoms with Gasteiger partial charge in [0, 0.05) is 18.1 Å². The molecule has 1 heterocycles. The van der Waals surface area contributed by atoms with Gasteiger partial charge in [-0.3, -0.25) is 4.57 Å². The van der Waals surface area contributed by atoms with Crippen LogP contribution in [0, 0.1) is 6.92 Å². The van der Waals surface area contributed by atoms with Crippen LogP contribution in [-0.4, -0.2) is 9.55 Å². The number of benzene rings is 1. The predicted molar refractivity (Wildman–Crippen MR) is 59.7 cm³/mol. The van der Waals surface area contributed by atoms with E-state index < -0.39 is 0 Å². The monoisotopic (exact) mass is 203 g/mol. The third-order valence-corrected chi connectivity index (χ3v) is 2.55. The molecule has 3 N–H and O–H groups in total.